The Bertz CT molecular complexity index is 484. The van der Waals surface area contributed by atoms with Crippen molar-refractivity contribution in [1.82, 2.24) is 9.88 Å². The van der Waals surface area contributed by atoms with Crippen LogP contribution in [0.2, 0.25) is 0 Å². The largest absolute Gasteiger partial charge is 0.393 e. The molecule has 0 aliphatic carbocycles. The molecule has 1 aromatic rings. The highest BCUT2D eigenvalue weighted by Crippen LogP contribution is 2.30. The molecule has 5 nitrogen and oxygen atoms in total. The van der Waals surface area contributed by atoms with Gasteiger partial charge in [0.15, 0.2) is 5.13 Å². The maximum absolute atomic E-state index is 12.5. The predicted octanol–water partition coefficient (Wildman–Crippen LogP) is 1.66. The molecule has 0 radical (unpaired) electrons. The Morgan fingerprint density at radius 3 is 2.84 bits per heavy atom. The molecule has 2 rings (SSSR count). The molecule has 0 spiro atoms. The van der Waals surface area contributed by atoms with Crippen molar-refractivity contribution < 1.29 is 9.90 Å². The summed E-state index contributed by atoms with van der Waals surface area (Å²) in [7, 11) is 0. The van der Waals surface area contributed by atoms with E-state index in [2.05, 4.69) is 18.8 Å². The van der Waals surface area contributed by atoms with Gasteiger partial charge in [-0.3, -0.25) is 4.79 Å². The first-order valence-electron chi connectivity index (χ1n) is 6.49. The van der Waals surface area contributed by atoms with Gasteiger partial charge in [0.2, 0.25) is 0 Å². The van der Waals surface area contributed by atoms with Crippen LogP contribution in [0.4, 0.5) is 5.13 Å². The quantitative estimate of drug-likeness (QED) is 0.821. The highest BCUT2D eigenvalue weighted by atomic mass is 32.1. The van der Waals surface area contributed by atoms with Crippen LogP contribution in [0.25, 0.3) is 0 Å². The van der Waals surface area contributed by atoms with Gasteiger partial charge < -0.3 is 15.7 Å². The van der Waals surface area contributed by atoms with Crippen molar-refractivity contribution in [3.63, 3.8) is 0 Å². The fraction of sp³-hybridized carbons (Fsp3) is 0.692. The Morgan fingerprint density at radius 2 is 2.26 bits per heavy atom. The van der Waals surface area contributed by atoms with Gasteiger partial charge in [-0.25, -0.2) is 4.98 Å². The molecule has 19 heavy (non-hydrogen) atoms. The highest BCUT2D eigenvalue weighted by Gasteiger charge is 2.32. The van der Waals surface area contributed by atoms with E-state index < -0.39 is 0 Å². The normalized spacial score (nSPS) is 23.2. The number of aromatic nitrogens is 1. The predicted molar refractivity (Wildman–Crippen MR) is 76.2 cm³/mol. The fourth-order valence-electron chi connectivity index (χ4n) is 2.64. The highest BCUT2D eigenvalue weighted by molar-refractivity contribution is 7.17. The summed E-state index contributed by atoms with van der Waals surface area (Å²) < 4.78 is 0. The molecule has 0 saturated carbocycles. The summed E-state index contributed by atoms with van der Waals surface area (Å²) in [4.78, 5) is 19.1. The van der Waals surface area contributed by atoms with Gasteiger partial charge in [-0.15, -0.1) is 0 Å². The van der Waals surface area contributed by atoms with E-state index in [-0.39, 0.29) is 17.4 Å². The third kappa shape index (κ3) is 3.25. The van der Waals surface area contributed by atoms with Gasteiger partial charge in [-0.05, 0) is 25.2 Å². The fourth-order valence-corrected chi connectivity index (χ4v) is 3.44. The zero-order valence-corrected chi connectivity index (χ0v) is 12.5. The molecule has 0 aromatic carbocycles. The second-order valence-electron chi connectivity index (χ2n) is 6.00. The zero-order chi connectivity index (χ0) is 14.2. The first-order chi connectivity index (χ1) is 8.78. The summed E-state index contributed by atoms with van der Waals surface area (Å²) in [6.45, 7) is 7.20. The molecule has 1 aliphatic heterocycles. The third-order valence-electron chi connectivity index (χ3n) is 3.43. The van der Waals surface area contributed by atoms with Crippen LogP contribution in [0.5, 0.6) is 0 Å². The molecule has 1 saturated heterocycles. The molecule has 1 aromatic heterocycles. The lowest BCUT2D eigenvalue weighted by Crippen LogP contribution is -2.37. The van der Waals surface area contributed by atoms with E-state index in [4.69, 9.17) is 5.73 Å². The number of carbonyl (C=O) groups is 1. The van der Waals surface area contributed by atoms with Gasteiger partial charge in [-0.2, -0.15) is 0 Å². The number of amides is 1. The lowest BCUT2D eigenvalue weighted by Gasteiger charge is -2.29. The number of rotatable bonds is 1. The van der Waals surface area contributed by atoms with Crippen LogP contribution in [-0.4, -0.2) is 40.1 Å². The minimum absolute atomic E-state index is 0.0196. The molecular weight excluding hydrogens is 262 g/mol. The standard InChI is InChI=1S/C13H21N3O2S/c1-8-10(19-12(14)15-8)11(18)16-5-4-9(17)6-13(2,3)7-16/h9,17H,4-7H2,1-3H3,(H2,14,15)/t9-/m0/s1. The molecule has 106 valence electrons. The van der Waals surface area contributed by atoms with E-state index >= 15 is 0 Å². The summed E-state index contributed by atoms with van der Waals surface area (Å²) >= 11 is 1.24. The number of nitrogens with two attached hydrogens (primary N) is 1. The number of hydrogen-bond donors (Lipinski definition) is 2. The Hall–Kier alpha value is -1.14. The smallest absolute Gasteiger partial charge is 0.265 e. The van der Waals surface area contributed by atoms with E-state index in [1.807, 2.05) is 4.90 Å². The van der Waals surface area contributed by atoms with Crippen molar-refractivity contribution in [3.8, 4) is 0 Å². The molecule has 1 aliphatic rings. The van der Waals surface area contributed by atoms with Crippen LogP contribution < -0.4 is 5.73 Å². The number of aliphatic hydroxyl groups is 1. The first kappa shape index (κ1) is 14.3. The van der Waals surface area contributed by atoms with E-state index in [0.29, 0.717) is 35.2 Å². The second kappa shape index (κ2) is 5.09. The molecule has 2 heterocycles. The van der Waals surface area contributed by atoms with E-state index in [9.17, 15) is 9.90 Å². The minimum atomic E-state index is -0.333. The lowest BCUT2D eigenvalue weighted by atomic mass is 9.87. The molecule has 3 N–H and O–H groups in total. The number of aliphatic hydroxyl groups excluding tert-OH is 1. The van der Waals surface area contributed by atoms with E-state index in [1.54, 1.807) is 6.92 Å². The van der Waals surface area contributed by atoms with Gasteiger partial charge in [0.05, 0.1) is 11.8 Å². The first-order valence-corrected chi connectivity index (χ1v) is 7.30. The summed E-state index contributed by atoms with van der Waals surface area (Å²) in [5, 5.41) is 10.3. The summed E-state index contributed by atoms with van der Waals surface area (Å²) in [6.07, 6.45) is 1.02. The molecule has 6 heteroatoms. The van der Waals surface area contributed by atoms with Gasteiger partial charge in [0, 0.05) is 13.1 Å². The number of anilines is 1. The number of nitrogen functional groups attached to an aromatic ring is 1. The molecular formula is C13H21N3O2S. The van der Waals surface area contributed by atoms with Crippen molar-refractivity contribution in [2.45, 2.75) is 39.7 Å². The SMILES string of the molecule is Cc1nc(N)sc1C(=O)N1CC[C@H](O)CC(C)(C)C1. The van der Waals surface area contributed by atoms with Gasteiger partial charge in [0.1, 0.15) is 4.88 Å². The van der Waals surface area contributed by atoms with E-state index in [0.717, 1.165) is 6.42 Å². The second-order valence-corrected chi connectivity index (χ2v) is 7.03. The monoisotopic (exact) mass is 283 g/mol. The number of thiazole rings is 1. The van der Waals surface area contributed by atoms with Crippen molar-refractivity contribution >= 4 is 22.4 Å². The topological polar surface area (TPSA) is 79.5 Å². The number of carbonyl (C=O) groups excluding carboxylic acids is 1. The minimum Gasteiger partial charge on any atom is -0.393 e. The number of likely N-dealkylation sites (tertiary alicyclic amines) is 1. The summed E-state index contributed by atoms with van der Waals surface area (Å²) in [5.74, 6) is -0.0196. The number of aryl methyl sites for hydroxylation is 1. The molecule has 1 fully saturated rings. The van der Waals surface area contributed by atoms with Crippen molar-refractivity contribution in [2.24, 2.45) is 5.41 Å². The Kier molecular flexibility index (Phi) is 3.82. The average Bonchev–Trinajstić information content (AvgIpc) is 2.53. The van der Waals surface area contributed by atoms with E-state index in [1.165, 1.54) is 11.3 Å². The van der Waals surface area contributed by atoms with Crippen molar-refractivity contribution in [3.05, 3.63) is 10.6 Å². The number of hydrogen-bond acceptors (Lipinski definition) is 5. The van der Waals surface area contributed by atoms with Crippen molar-refractivity contribution in [1.29, 1.82) is 0 Å². The van der Waals surface area contributed by atoms with Gasteiger partial charge in [0.25, 0.3) is 5.91 Å². The lowest BCUT2D eigenvalue weighted by molar-refractivity contribution is 0.0709. The molecule has 0 bridgehead atoms. The Labute approximate surface area is 117 Å². The van der Waals surface area contributed by atoms with Crippen LogP contribution in [0.1, 0.15) is 42.1 Å². The Balaban J connectivity index is 2.21. The third-order valence-corrected chi connectivity index (χ3v) is 4.41. The van der Waals surface area contributed by atoms with Crippen LogP contribution in [0.15, 0.2) is 0 Å². The van der Waals surface area contributed by atoms with Gasteiger partial charge in [-0.1, -0.05) is 25.2 Å². The van der Waals surface area contributed by atoms with Crippen LogP contribution in [-0.2, 0) is 0 Å². The van der Waals surface area contributed by atoms with Gasteiger partial charge >= 0.3 is 0 Å². The molecule has 0 unspecified atom stereocenters. The summed E-state index contributed by atoms with van der Waals surface area (Å²) in [5.41, 5.74) is 6.27. The maximum Gasteiger partial charge on any atom is 0.265 e. The Morgan fingerprint density at radius 1 is 1.58 bits per heavy atom. The number of nitrogens with zero attached hydrogens (tertiary/aromatic N) is 2. The van der Waals surface area contributed by atoms with Crippen LogP contribution in [0.3, 0.4) is 0 Å². The van der Waals surface area contributed by atoms with Crippen molar-refractivity contribution in [2.75, 3.05) is 18.8 Å². The molecule has 1 atom stereocenters. The summed E-state index contributed by atoms with van der Waals surface area (Å²) in [6, 6.07) is 0. The van der Waals surface area contributed by atoms with Crippen LogP contribution >= 0.6 is 11.3 Å². The molecule has 1 amide bonds. The maximum atomic E-state index is 12.5. The average molecular weight is 283 g/mol. The van der Waals surface area contributed by atoms with Crippen LogP contribution in [0, 0.1) is 12.3 Å². The zero-order valence-electron chi connectivity index (χ0n) is 11.6.